The Morgan fingerprint density at radius 1 is 1.18 bits per heavy atom. The zero-order valence-electron chi connectivity index (χ0n) is 18.9. The number of allylic oxidation sites excluding steroid dienone is 1. The second-order valence-corrected chi connectivity index (χ2v) is 6.36. The average Bonchev–Trinajstić information content (AvgIpc) is 2.65. The van der Waals surface area contributed by atoms with Gasteiger partial charge in [-0.15, -0.1) is 0 Å². The predicted molar refractivity (Wildman–Crippen MR) is 117 cm³/mol. The molecule has 0 aliphatic carbocycles. The van der Waals surface area contributed by atoms with E-state index in [1.165, 1.54) is 0 Å². The molecule has 1 amide bonds. The van der Waals surface area contributed by atoms with Crippen molar-refractivity contribution in [2.45, 2.75) is 67.9 Å². The van der Waals surface area contributed by atoms with Crippen molar-refractivity contribution in [3.63, 3.8) is 0 Å². The van der Waals surface area contributed by atoms with E-state index in [1.54, 1.807) is 52.0 Å². The molecular weight excluding hydrogens is 354 g/mol. The van der Waals surface area contributed by atoms with Gasteiger partial charge in [-0.25, -0.2) is 4.79 Å². The molecule has 0 saturated carbocycles. The van der Waals surface area contributed by atoms with Crippen molar-refractivity contribution in [2.75, 3.05) is 6.61 Å². The van der Waals surface area contributed by atoms with Gasteiger partial charge in [0.25, 0.3) is 0 Å². The number of rotatable bonds is 6. The molecule has 1 aromatic carbocycles. The maximum Gasteiger partial charge on any atom is 0.411 e. The minimum absolute atomic E-state index is 0.217. The van der Waals surface area contributed by atoms with Crippen LogP contribution >= 0.6 is 0 Å². The molecule has 28 heavy (non-hydrogen) atoms. The molecule has 0 saturated heterocycles. The molecule has 0 aliphatic heterocycles. The fourth-order valence-corrected chi connectivity index (χ4v) is 1.93. The monoisotopic (exact) mass is 391 g/mol. The second kappa shape index (κ2) is 14.5. The number of amides is 1. The molecule has 5 nitrogen and oxygen atoms in total. The van der Waals surface area contributed by atoms with E-state index in [1.807, 2.05) is 34.6 Å². The Morgan fingerprint density at radius 3 is 2.21 bits per heavy atom. The molecule has 0 heterocycles. The third-order valence-electron chi connectivity index (χ3n) is 3.25. The zero-order chi connectivity index (χ0) is 22.3. The van der Waals surface area contributed by atoms with Gasteiger partial charge >= 0.3 is 6.09 Å². The highest BCUT2D eigenvalue weighted by Crippen LogP contribution is 2.21. The second-order valence-electron chi connectivity index (χ2n) is 6.36. The quantitative estimate of drug-likeness (QED) is 0.461. The average molecular weight is 392 g/mol. The molecule has 0 fully saturated rings. The van der Waals surface area contributed by atoms with Crippen LogP contribution in [0.2, 0.25) is 0 Å². The Bertz CT molecular complexity index is 655. The summed E-state index contributed by atoms with van der Waals surface area (Å²) in [5, 5.41) is 2.67. The topological polar surface area (TPSA) is 64.6 Å². The van der Waals surface area contributed by atoms with Crippen LogP contribution in [0, 0.1) is 6.92 Å². The molecule has 0 bridgehead atoms. The fraction of sp³-hybridized carbons (Fsp3) is 0.478. The lowest BCUT2D eigenvalue weighted by Gasteiger charge is -2.20. The number of carbonyl (C=O) groups is 2. The van der Waals surface area contributed by atoms with Crippen molar-refractivity contribution in [3.8, 4) is 5.75 Å². The standard InChI is InChI=1S/C19H25NO4.2C2H6/c1-7-15(14(3)20-18(22)24-19(4,5)6)12-23-17-10-8-9-16(11-21)13(17)2;2*1-2/h7-11H,1,12H2,2-6H3,(H,20,22);2*1-2H3/b15-14-;;. The van der Waals surface area contributed by atoms with Crippen molar-refractivity contribution in [1.29, 1.82) is 0 Å². The first-order chi connectivity index (χ1) is 13.2. The van der Waals surface area contributed by atoms with Gasteiger partial charge in [-0.3, -0.25) is 10.1 Å². The molecule has 0 aliphatic rings. The van der Waals surface area contributed by atoms with Gasteiger partial charge in [-0.1, -0.05) is 52.5 Å². The predicted octanol–water partition coefficient (Wildman–Crippen LogP) is 6.22. The van der Waals surface area contributed by atoms with Crippen molar-refractivity contribution in [3.05, 3.63) is 53.3 Å². The van der Waals surface area contributed by atoms with Crippen molar-refractivity contribution in [1.82, 2.24) is 5.32 Å². The molecule has 158 valence electrons. The molecule has 1 rings (SSSR count). The van der Waals surface area contributed by atoms with Gasteiger partial charge in [0.15, 0.2) is 0 Å². The van der Waals surface area contributed by atoms with Gasteiger partial charge in [-0.2, -0.15) is 0 Å². The van der Waals surface area contributed by atoms with Crippen LogP contribution in [0.15, 0.2) is 42.1 Å². The molecule has 0 spiro atoms. The van der Waals surface area contributed by atoms with Crippen LogP contribution in [0.1, 0.15) is 71.3 Å². The third-order valence-corrected chi connectivity index (χ3v) is 3.25. The van der Waals surface area contributed by atoms with E-state index in [-0.39, 0.29) is 6.61 Å². The van der Waals surface area contributed by atoms with E-state index >= 15 is 0 Å². The first kappa shape index (κ1) is 27.7. The summed E-state index contributed by atoms with van der Waals surface area (Å²) in [5.41, 5.74) is 2.11. The van der Waals surface area contributed by atoms with Gasteiger partial charge in [0.2, 0.25) is 0 Å². The Kier molecular flexibility index (Phi) is 14.3. The third kappa shape index (κ3) is 10.6. The Morgan fingerprint density at radius 2 is 1.75 bits per heavy atom. The van der Waals surface area contributed by atoms with Crippen molar-refractivity contribution >= 4 is 12.4 Å². The molecule has 1 aromatic rings. The van der Waals surface area contributed by atoms with E-state index in [2.05, 4.69) is 11.9 Å². The summed E-state index contributed by atoms with van der Waals surface area (Å²) < 4.78 is 11.0. The van der Waals surface area contributed by atoms with Crippen molar-refractivity contribution in [2.24, 2.45) is 0 Å². The first-order valence-corrected chi connectivity index (χ1v) is 9.67. The zero-order valence-corrected chi connectivity index (χ0v) is 18.9. The van der Waals surface area contributed by atoms with Gasteiger partial charge < -0.3 is 9.47 Å². The normalized spacial score (nSPS) is 10.8. The molecule has 5 heteroatoms. The Hall–Kier alpha value is -2.56. The van der Waals surface area contributed by atoms with E-state index < -0.39 is 11.7 Å². The molecule has 0 atom stereocenters. The summed E-state index contributed by atoms with van der Waals surface area (Å²) in [6, 6.07) is 5.28. The summed E-state index contributed by atoms with van der Waals surface area (Å²) in [4.78, 5) is 22.8. The summed E-state index contributed by atoms with van der Waals surface area (Å²) >= 11 is 0. The summed E-state index contributed by atoms with van der Waals surface area (Å²) in [6.45, 7) is 20.9. The van der Waals surface area contributed by atoms with E-state index in [0.717, 1.165) is 17.4 Å². The smallest absolute Gasteiger partial charge is 0.411 e. The van der Waals surface area contributed by atoms with Crippen LogP contribution in [0.5, 0.6) is 5.75 Å². The van der Waals surface area contributed by atoms with Crippen LogP contribution in [-0.2, 0) is 4.74 Å². The maximum absolute atomic E-state index is 11.8. The largest absolute Gasteiger partial charge is 0.489 e. The number of nitrogens with one attached hydrogen (secondary N) is 1. The highest BCUT2D eigenvalue weighted by atomic mass is 16.6. The van der Waals surface area contributed by atoms with E-state index in [0.29, 0.717) is 17.0 Å². The lowest BCUT2D eigenvalue weighted by Crippen LogP contribution is -2.32. The van der Waals surface area contributed by atoms with E-state index in [4.69, 9.17) is 9.47 Å². The fourth-order valence-electron chi connectivity index (χ4n) is 1.93. The van der Waals surface area contributed by atoms with Crippen LogP contribution in [0.3, 0.4) is 0 Å². The lowest BCUT2D eigenvalue weighted by molar-refractivity contribution is 0.0545. The molecule has 1 N–H and O–H groups in total. The first-order valence-electron chi connectivity index (χ1n) is 9.67. The SMILES string of the molecule is C=C/C(COc1cccc(C=O)c1C)=C(\C)NC(=O)OC(C)(C)C.CC.CC. The number of hydrogen-bond acceptors (Lipinski definition) is 4. The van der Waals surface area contributed by atoms with Gasteiger partial charge in [0.05, 0.1) is 0 Å². The maximum atomic E-state index is 11.8. The minimum Gasteiger partial charge on any atom is -0.489 e. The van der Waals surface area contributed by atoms with Crippen LogP contribution in [0.25, 0.3) is 0 Å². The lowest BCUT2D eigenvalue weighted by atomic mass is 10.1. The van der Waals surface area contributed by atoms with Gasteiger partial charge in [-0.05, 0) is 40.7 Å². The van der Waals surface area contributed by atoms with E-state index in [9.17, 15) is 9.59 Å². The summed E-state index contributed by atoms with van der Waals surface area (Å²) in [7, 11) is 0. The van der Waals surface area contributed by atoms with Crippen LogP contribution in [0.4, 0.5) is 4.79 Å². The molecular formula is C23H37NO4. The molecule has 0 unspecified atom stereocenters. The highest BCUT2D eigenvalue weighted by molar-refractivity contribution is 5.78. The van der Waals surface area contributed by atoms with Gasteiger partial charge in [0.1, 0.15) is 24.2 Å². The molecule has 0 radical (unpaired) electrons. The minimum atomic E-state index is -0.568. The highest BCUT2D eigenvalue weighted by Gasteiger charge is 2.16. The summed E-state index contributed by atoms with van der Waals surface area (Å²) in [5.74, 6) is 0.615. The van der Waals surface area contributed by atoms with Gasteiger partial charge in [0, 0.05) is 22.4 Å². The molecule has 0 aromatic heterocycles. The van der Waals surface area contributed by atoms with Crippen LogP contribution < -0.4 is 10.1 Å². The van der Waals surface area contributed by atoms with Crippen LogP contribution in [-0.4, -0.2) is 24.6 Å². The number of ether oxygens (including phenoxy) is 2. The Labute approximate surface area is 170 Å². The number of benzene rings is 1. The Balaban J connectivity index is 0. The number of alkyl carbamates (subject to hydrolysis) is 1. The number of carbonyl (C=O) groups excluding carboxylic acids is 2. The number of hydrogen-bond donors (Lipinski definition) is 1. The van der Waals surface area contributed by atoms with Crippen molar-refractivity contribution < 1.29 is 19.1 Å². The number of aldehydes is 1. The summed E-state index contributed by atoms with van der Waals surface area (Å²) in [6.07, 6.45) is 1.88.